The smallest absolute Gasteiger partial charge is 0.355 e. The van der Waals surface area contributed by atoms with E-state index < -0.39 is 41.7 Å². The maximum atomic E-state index is 14.2. The molecule has 1 saturated carbocycles. The minimum absolute atomic E-state index is 0.0000410. The third-order valence-corrected chi connectivity index (χ3v) is 6.84. The molecule has 2 atom stereocenters. The molecule has 0 bridgehead atoms. The van der Waals surface area contributed by atoms with Gasteiger partial charge in [-0.25, -0.2) is 23.9 Å². The number of aromatic nitrogens is 1. The quantitative estimate of drug-likeness (QED) is 0.483. The molecule has 2 aromatic rings. The average Bonchev–Trinajstić information content (AvgIpc) is 3.54. The number of benzene rings is 1. The summed E-state index contributed by atoms with van der Waals surface area (Å²) in [6, 6.07) is 0.919. The van der Waals surface area contributed by atoms with Crippen LogP contribution in [0.3, 0.4) is 0 Å². The third-order valence-electron chi connectivity index (χ3n) is 6.08. The number of hydrogen-bond donors (Lipinski definition) is 3. The molecule has 0 spiro atoms. The molecule has 1 aromatic heterocycles. The third kappa shape index (κ3) is 4.72. The van der Waals surface area contributed by atoms with Gasteiger partial charge in [0.05, 0.1) is 7.11 Å². The molecule has 1 saturated heterocycles. The topological polar surface area (TPSA) is 138 Å². The van der Waals surface area contributed by atoms with Crippen LogP contribution < -0.4 is 15.4 Å². The normalized spacial score (nSPS) is 19.2. The van der Waals surface area contributed by atoms with Crippen LogP contribution in [0.15, 0.2) is 23.6 Å². The van der Waals surface area contributed by atoms with Crippen LogP contribution in [0.1, 0.15) is 54.2 Å². The monoisotopic (exact) mass is 490 g/mol. The first-order valence-electron chi connectivity index (χ1n) is 10.7. The van der Waals surface area contributed by atoms with Gasteiger partial charge in [-0.15, -0.1) is 11.3 Å². The summed E-state index contributed by atoms with van der Waals surface area (Å²) in [6.07, 6.45) is 4.02. The number of ether oxygens (including phenoxy) is 1. The Kier molecular flexibility index (Phi) is 6.77. The summed E-state index contributed by atoms with van der Waals surface area (Å²) in [5, 5.41) is 15.5. The van der Waals surface area contributed by atoms with E-state index in [4.69, 9.17) is 9.84 Å². The van der Waals surface area contributed by atoms with Crippen molar-refractivity contribution in [2.45, 2.75) is 44.2 Å². The van der Waals surface area contributed by atoms with Crippen LogP contribution in [0.4, 0.5) is 14.3 Å². The van der Waals surface area contributed by atoms with E-state index in [0.717, 1.165) is 48.0 Å². The number of nitrogens with zero attached hydrogens (tertiary/aromatic N) is 2. The molecule has 0 unspecified atom stereocenters. The van der Waals surface area contributed by atoms with Gasteiger partial charge in [0.25, 0.3) is 5.91 Å². The first-order valence-corrected chi connectivity index (χ1v) is 11.6. The van der Waals surface area contributed by atoms with E-state index in [-0.39, 0.29) is 34.5 Å². The number of hydrogen-bond acceptors (Lipinski definition) is 7. The number of rotatable bonds is 8. The van der Waals surface area contributed by atoms with Crippen molar-refractivity contribution < 1.29 is 33.4 Å². The Labute approximate surface area is 198 Å². The van der Waals surface area contributed by atoms with Crippen molar-refractivity contribution in [3.63, 3.8) is 0 Å². The highest BCUT2D eigenvalue weighted by Crippen LogP contribution is 2.33. The molecule has 34 heavy (non-hydrogen) atoms. The summed E-state index contributed by atoms with van der Waals surface area (Å²) in [4.78, 5) is 55.1. The van der Waals surface area contributed by atoms with E-state index in [1.54, 1.807) is 0 Å². The SMILES string of the molecule is COc1ccc([C@H]2NC(=O)N([C@@H](CC3CCCC3)C(=O)Nc3nc(C(=O)O)cs3)C2=O)cc1F. The lowest BCUT2D eigenvalue weighted by molar-refractivity contribution is -0.134. The first-order chi connectivity index (χ1) is 16.3. The standard InChI is InChI=1S/C22H23FN4O6S/c1-33-16-7-6-12(9-13(16)23)17-19(29)27(22(32)25-17)15(8-11-4-2-3-5-11)18(28)26-21-24-14(10-34-21)20(30)31/h6-7,9-11,15,17H,2-5,8H2,1H3,(H,25,32)(H,30,31)(H,24,26,28)/t15-,17+/m0/s1. The number of nitrogens with one attached hydrogen (secondary N) is 2. The molecule has 4 amide bonds. The fourth-order valence-corrected chi connectivity index (χ4v) is 5.07. The second-order valence-electron chi connectivity index (χ2n) is 8.22. The van der Waals surface area contributed by atoms with Crippen LogP contribution in [0.2, 0.25) is 0 Å². The Morgan fingerprint density at radius 1 is 1.35 bits per heavy atom. The van der Waals surface area contributed by atoms with E-state index in [9.17, 15) is 23.6 Å². The molecule has 1 aliphatic carbocycles. The van der Waals surface area contributed by atoms with Crippen LogP contribution in [0.25, 0.3) is 0 Å². The molecule has 1 aromatic carbocycles. The summed E-state index contributed by atoms with van der Waals surface area (Å²) in [6.45, 7) is 0. The molecule has 3 N–H and O–H groups in total. The van der Waals surface area contributed by atoms with Gasteiger partial charge in [-0.3, -0.25) is 9.59 Å². The molecule has 4 rings (SSSR count). The number of amides is 4. The van der Waals surface area contributed by atoms with Gasteiger partial charge in [0.1, 0.15) is 12.1 Å². The van der Waals surface area contributed by atoms with Gasteiger partial charge < -0.3 is 20.5 Å². The van der Waals surface area contributed by atoms with E-state index in [1.807, 2.05) is 0 Å². The Morgan fingerprint density at radius 3 is 2.71 bits per heavy atom. The van der Waals surface area contributed by atoms with Crippen LogP contribution >= 0.6 is 11.3 Å². The van der Waals surface area contributed by atoms with Gasteiger partial charge in [-0.05, 0) is 30.0 Å². The number of urea groups is 1. The van der Waals surface area contributed by atoms with Crippen LogP contribution in [0.5, 0.6) is 5.75 Å². The molecule has 1 aliphatic heterocycles. The predicted molar refractivity (Wildman–Crippen MR) is 119 cm³/mol. The first kappa shape index (κ1) is 23.6. The van der Waals surface area contributed by atoms with E-state index in [0.29, 0.717) is 0 Å². The average molecular weight is 491 g/mol. The number of carboxylic acid groups (broad SMARTS) is 1. The Balaban J connectivity index is 1.58. The van der Waals surface area contributed by atoms with Gasteiger partial charge in [-0.1, -0.05) is 31.7 Å². The van der Waals surface area contributed by atoms with E-state index in [1.165, 1.54) is 24.6 Å². The number of methoxy groups -OCH3 is 1. The van der Waals surface area contributed by atoms with Gasteiger partial charge >= 0.3 is 12.0 Å². The molecule has 12 heteroatoms. The maximum Gasteiger partial charge on any atom is 0.355 e. The molecular formula is C22H23FN4O6S. The molecule has 0 radical (unpaired) electrons. The van der Waals surface area contributed by atoms with E-state index >= 15 is 0 Å². The highest BCUT2D eigenvalue weighted by molar-refractivity contribution is 7.14. The minimum atomic E-state index is -1.23. The molecule has 2 fully saturated rings. The summed E-state index contributed by atoms with van der Waals surface area (Å²) in [5.74, 6) is -3.07. The van der Waals surface area contributed by atoms with Crippen LogP contribution in [-0.2, 0) is 9.59 Å². The van der Waals surface area contributed by atoms with Gasteiger partial charge in [0, 0.05) is 5.38 Å². The Hall–Kier alpha value is -3.54. The fourth-order valence-electron chi connectivity index (χ4n) is 4.39. The number of carbonyl (C=O) groups excluding carboxylic acids is 3. The maximum absolute atomic E-state index is 14.2. The van der Waals surface area contributed by atoms with Gasteiger partial charge in [0.15, 0.2) is 22.4 Å². The summed E-state index contributed by atoms with van der Waals surface area (Å²) in [5.41, 5.74) is 0.00873. The lowest BCUT2D eigenvalue weighted by Gasteiger charge is -2.26. The lowest BCUT2D eigenvalue weighted by Crippen LogP contribution is -2.48. The van der Waals surface area contributed by atoms with Crippen molar-refractivity contribution in [1.29, 1.82) is 0 Å². The molecule has 2 aliphatic rings. The lowest BCUT2D eigenvalue weighted by atomic mass is 9.96. The van der Waals surface area contributed by atoms with E-state index in [2.05, 4.69) is 15.6 Å². The number of anilines is 1. The van der Waals surface area contributed by atoms with Crippen LogP contribution in [-0.4, -0.2) is 52.0 Å². The summed E-state index contributed by atoms with van der Waals surface area (Å²) in [7, 11) is 1.32. The Morgan fingerprint density at radius 2 is 2.09 bits per heavy atom. The van der Waals surface area contributed by atoms with Crippen molar-refractivity contribution in [1.82, 2.24) is 15.2 Å². The van der Waals surface area contributed by atoms with Crippen molar-refractivity contribution in [2.24, 2.45) is 5.92 Å². The highest BCUT2D eigenvalue weighted by atomic mass is 32.1. The Bertz CT molecular complexity index is 1130. The number of carbonyl (C=O) groups is 4. The van der Waals surface area contributed by atoms with Crippen molar-refractivity contribution in [2.75, 3.05) is 12.4 Å². The highest BCUT2D eigenvalue weighted by Gasteiger charge is 2.46. The molecule has 180 valence electrons. The summed E-state index contributed by atoms with van der Waals surface area (Å²) >= 11 is 0.932. The van der Waals surface area contributed by atoms with Crippen LogP contribution in [0, 0.1) is 11.7 Å². The zero-order valence-electron chi connectivity index (χ0n) is 18.2. The molecular weight excluding hydrogens is 467 g/mol. The van der Waals surface area contributed by atoms with Crippen molar-refractivity contribution in [3.05, 3.63) is 40.7 Å². The number of aromatic carboxylic acids is 1. The van der Waals surface area contributed by atoms with Crippen molar-refractivity contribution >= 4 is 40.3 Å². The number of imide groups is 1. The van der Waals surface area contributed by atoms with Gasteiger partial charge in [-0.2, -0.15) is 0 Å². The molecule has 10 nitrogen and oxygen atoms in total. The minimum Gasteiger partial charge on any atom is -0.494 e. The van der Waals surface area contributed by atoms with Crippen molar-refractivity contribution in [3.8, 4) is 5.75 Å². The predicted octanol–water partition coefficient (Wildman–Crippen LogP) is 3.17. The zero-order valence-corrected chi connectivity index (χ0v) is 19.1. The fraction of sp³-hybridized carbons (Fsp3) is 0.409. The number of carboxylic acids is 1. The number of thiazole rings is 1. The second kappa shape index (κ2) is 9.75. The van der Waals surface area contributed by atoms with Gasteiger partial charge in [0.2, 0.25) is 5.91 Å². The largest absolute Gasteiger partial charge is 0.494 e. The number of halogens is 1. The summed E-state index contributed by atoms with van der Waals surface area (Å²) < 4.78 is 19.1. The second-order valence-corrected chi connectivity index (χ2v) is 9.08. The zero-order chi connectivity index (χ0) is 24.4. The molecule has 2 heterocycles.